The zero-order valence-electron chi connectivity index (χ0n) is 14.1. The Morgan fingerprint density at radius 1 is 1.32 bits per heavy atom. The van der Waals surface area contributed by atoms with Crippen LogP contribution in [0.2, 0.25) is 0 Å². The average molecular weight is 395 g/mol. The van der Waals surface area contributed by atoms with E-state index < -0.39 is 9.84 Å². The molecule has 2 heterocycles. The minimum Gasteiger partial charge on any atom is -0.340 e. The molecule has 1 fully saturated rings. The lowest BCUT2D eigenvalue weighted by molar-refractivity contribution is 0.335. The molecule has 1 saturated heterocycles. The van der Waals surface area contributed by atoms with Gasteiger partial charge in [-0.2, -0.15) is 0 Å². The summed E-state index contributed by atoms with van der Waals surface area (Å²) in [5.41, 5.74) is 2.20. The Kier molecular flexibility index (Phi) is 5.76. The fourth-order valence-corrected chi connectivity index (χ4v) is 5.74. The standard InChI is InChI=1S/C18H22N2O2S3/c1-2-14-5-7-15(8-6-14)19-18(23)20(12-17-4-3-10-24-17)16-9-11-25(21,22)13-16/h3-8,10,16H,2,9,11-13H2,1H3,(H,19,23)/t16-/m0/s1. The Labute approximate surface area is 158 Å². The van der Waals surface area contributed by atoms with Crippen LogP contribution in [0.25, 0.3) is 0 Å². The Bertz CT molecular complexity index is 815. The Morgan fingerprint density at radius 3 is 2.64 bits per heavy atom. The fraction of sp³-hybridized carbons (Fsp3) is 0.389. The Balaban J connectivity index is 1.76. The summed E-state index contributed by atoms with van der Waals surface area (Å²) in [7, 11) is -2.96. The van der Waals surface area contributed by atoms with Crippen molar-refractivity contribution in [3.05, 3.63) is 52.2 Å². The van der Waals surface area contributed by atoms with E-state index in [2.05, 4.69) is 30.4 Å². The summed E-state index contributed by atoms with van der Waals surface area (Å²) in [6.07, 6.45) is 1.62. The predicted molar refractivity (Wildman–Crippen MR) is 109 cm³/mol. The van der Waals surface area contributed by atoms with Crippen molar-refractivity contribution in [2.24, 2.45) is 0 Å². The number of thiocarbonyl (C=S) groups is 1. The van der Waals surface area contributed by atoms with E-state index in [9.17, 15) is 8.42 Å². The van der Waals surface area contributed by atoms with Gasteiger partial charge in [-0.25, -0.2) is 8.42 Å². The molecule has 25 heavy (non-hydrogen) atoms. The van der Waals surface area contributed by atoms with Crippen LogP contribution in [0.4, 0.5) is 5.69 Å². The second-order valence-electron chi connectivity index (χ2n) is 6.24. The smallest absolute Gasteiger partial charge is 0.174 e. The molecule has 0 bridgehead atoms. The van der Waals surface area contributed by atoms with Crippen molar-refractivity contribution in [1.29, 1.82) is 0 Å². The number of rotatable bonds is 5. The highest BCUT2D eigenvalue weighted by Crippen LogP contribution is 2.23. The van der Waals surface area contributed by atoms with E-state index in [-0.39, 0.29) is 17.5 Å². The Morgan fingerprint density at radius 2 is 2.08 bits per heavy atom. The molecule has 1 aromatic carbocycles. The molecular weight excluding hydrogens is 372 g/mol. The van der Waals surface area contributed by atoms with Crippen LogP contribution in [0.1, 0.15) is 23.8 Å². The van der Waals surface area contributed by atoms with Crippen molar-refractivity contribution in [1.82, 2.24) is 4.90 Å². The van der Waals surface area contributed by atoms with Crippen LogP contribution in [0, 0.1) is 0 Å². The second-order valence-corrected chi connectivity index (χ2v) is 9.89. The van der Waals surface area contributed by atoms with Crippen molar-refractivity contribution in [3.63, 3.8) is 0 Å². The van der Waals surface area contributed by atoms with Crippen LogP contribution < -0.4 is 5.32 Å². The van der Waals surface area contributed by atoms with Crippen molar-refractivity contribution >= 4 is 44.2 Å². The van der Waals surface area contributed by atoms with Gasteiger partial charge in [0.1, 0.15) is 0 Å². The number of hydrogen-bond donors (Lipinski definition) is 1. The first-order valence-electron chi connectivity index (χ1n) is 8.36. The highest BCUT2D eigenvalue weighted by molar-refractivity contribution is 7.91. The zero-order chi connectivity index (χ0) is 17.9. The molecule has 1 N–H and O–H groups in total. The fourth-order valence-electron chi connectivity index (χ4n) is 2.98. The average Bonchev–Trinajstić information content (AvgIpc) is 3.22. The molecule has 3 rings (SSSR count). The van der Waals surface area contributed by atoms with Crippen LogP contribution >= 0.6 is 23.6 Å². The molecule has 0 spiro atoms. The van der Waals surface area contributed by atoms with Crippen molar-refractivity contribution in [3.8, 4) is 0 Å². The van der Waals surface area contributed by atoms with E-state index in [1.807, 2.05) is 28.5 Å². The minimum atomic E-state index is -2.96. The molecule has 1 atom stereocenters. The molecule has 1 aliphatic heterocycles. The van der Waals surface area contributed by atoms with Crippen LogP contribution in [0.5, 0.6) is 0 Å². The van der Waals surface area contributed by atoms with Gasteiger partial charge >= 0.3 is 0 Å². The molecule has 4 nitrogen and oxygen atoms in total. The number of sulfone groups is 1. The van der Waals surface area contributed by atoms with E-state index in [4.69, 9.17) is 12.2 Å². The molecule has 134 valence electrons. The first-order valence-corrected chi connectivity index (χ1v) is 11.5. The maximum absolute atomic E-state index is 11.9. The number of anilines is 1. The molecular formula is C18H22N2O2S3. The van der Waals surface area contributed by atoms with E-state index in [0.29, 0.717) is 18.1 Å². The zero-order valence-corrected chi connectivity index (χ0v) is 16.6. The van der Waals surface area contributed by atoms with Crippen LogP contribution in [0.3, 0.4) is 0 Å². The number of nitrogens with zero attached hydrogens (tertiary/aromatic N) is 1. The van der Waals surface area contributed by atoms with Gasteiger partial charge in [-0.05, 0) is 54.2 Å². The SMILES string of the molecule is CCc1ccc(NC(=S)N(Cc2cccs2)[C@H]2CCS(=O)(=O)C2)cc1. The van der Waals surface area contributed by atoms with Gasteiger partial charge in [0.25, 0.3) is 0 Å². The monoisotopic (exact) mass is 394 g/mol. The highest BCUT2D eigenvalue weighted by atomic mass is 32.2. The van der Waals surface area contributed by atoms with E-state index >= 15 is 0 Å². The van der Waals surface area contributed by atoms with E-state index in [1.54, 1.807) is 11.3 Å². The van der Waals surface area contributed by atoms with Gasteiger partial charge in [0.05, 0.1) is 18.1 Å². The molecule has 0 amide bonds. The summed E-state index contributed by atoms with van der Waals surface area (Å²) >= 11 is 7.29. The third-order valence-corrected chi connectivity index (χ3v) is 7.38. The molecule has 0 saturated carbocycles. The summed E-state index contributed by atoms with van der Waals surface area (Å²) in [6, 6.07) is 12.2. The van der Waals surface area contributed by atoms with Gasteiger partial charge in [-0.3, -0.25) is 0 Å². The highest BCUT2D eigenvalue weighted by Gasteiger charge is 2.33. The third kappa shape index (κ3) is 4.80. The van der Waals surface area contributed by atoms with Crippen molar-refractivity contribution in [2.45, 2.75) is 32.4 Å². The number of nitrogens with one attached hydrogen (secondary N) is 1. The first kappa shape index (κ1) is 18.4. The number of benzene rings is 1. The maximum Gasteiger partial charge on any atom is 0.174 e. The largest absolute Gasteiger partial charge is 0.340 e. The van der Waals surface area contributed by atoms with Gasteiger partial charge in [-0.1, -0.05) is 25.1 Å². The molecule has 0 unspecified atom stereocenters. The number of aryl methyl sites for hydroxylation is 1. The summed E-state index contributed by atoms with van der Waals surface area (Å²) in [5.74, 6) is 0.418. The lowest BCUT2D eigenvalue weighted by Gasteiger charge is -2.30. The van der Waals surface area contributed by atoms with Crippen LogP contribution in [-0.2, 0) is 22.8 Å². The van der Waals surface area contributed by atoms with Gasteiger partial charge in [0, 0.05) is 16.6 Å². The lowest BCUT2D eigenvalue weighted by Crippen LogP contribution is -2.42. The van der Waals surface area contributed by atoms with Gasteiger partial charge in [-0.15, -0.1) is 11.3 Å². The number of hydrogen-bond acceptors (Lipinski definition) is 4. The quantitative estimate of drug-likeness (QED) is 0.784. The van der Waals surface area contributed by atoms with Crippen molar-refractivity contribution in [2.75, 3.05) is 16.8 Å². The summed E-state index contributed by atoms with van der Waals surface area (Å²) in [6.45, 7) is 2.76. The topological polar surface area (TPSA) is 49.4 Å². The van der Waals surface area contributed by atoms with E-state index in [0.717, 1.165) is 12.1 Å². The lowest BCUT2D eigenvalue weighted by atomic mass is 10.1. The second kappa shape index (κ2) is 7.85. The predicted octanol–water partition coefficient (Wildman–Crippen LogP) is 3.70. The van der Waals surface area contributed by atoms with Crippen LogP contribution in [0.15, 0.2) is 41.8 Å². The molecule has 0 radical (unpaired) electrons. The maximum atomic E-state index is 11.9. The summed E-state index contributed by atoms with van der Waals surface area (Å²) < 4.78 is 23.8. The van der Waals surface area contributed by atoms with E-state index in [1.165, 1.54) is 10.4 Å². The Hall–Kier alpha value is -1.44. The van der Waals surface area contributed by atoms with Crippen LogP contribution in [-0.4, -0.2) is 36.0 Å². The molecule has 2 aromatic rings. The van der Waals surface area contributed by atoms with Gasteiger partial charge in [0.2, 0.25) is 0 Å². The van der Waals surface area contributed by atoms with Crippen molar-refractivity contribution < 1.29 is 8.42 Å². The molecule has 0 aliphatic carbocycles. The number of thiophene rings is 1. The van der Waals surface area contributed by atoms with Gasteiger partial charge < -0.3 is 10.2 Å². The molecule has 1 aliphatic rings. The summed E-state index contributed by atoms with van der Waals surface area (Å²) in [5, 5.41) is 5.89. The summed E-state index contributed by atoms with van der Waals surface area (Å²) in [4.78, 5) is 3.20. The molecule has 7 heteroatoms. The minimum absolute atomic E-state index is 0.0676. The first-order chi connectivity index (χ1) is 12.0. The third-order valence-electron chi connectivity index (χ3n) is 4.43. The molecule has 1 aromatic heterocycles. The van der Waals surface area contributed by atoms with Gasteiger partial charge in [0.15, 0.2) is 14.9 Å². The normalized spacial score (nSPS) is 18.8.